The molecule has 1 nitrogen and oxygen atoms in total. The molecule has 0 bridgehead atoms. The Morgan fingerprint density at radius 3 is 1.71 bits per heavy atom. The van der Waals surface area contributed by atoms with E-state index < -0.39 is 0 Å². The Morgan fingerprint density at radius 1 is 1.29 bits per heavy atom. The molecule has 0 aromatic rings. The molecule has 0 spiro atoms. The zero-order valence-electron chi connectivity index (χ0n) is 5.73. The summed E-state index contributed by atoms with van der Waals surface area (Å²) in [6.07, 6.45) is 1.33. The molecular formula is C5H15NSi. The molecule has 0 aliphatic carbocycles. The van der Waals surface area contributed by atoms with Crippen molar-refractivity contribution in [2.24, 2.45) is 0 Å². The van der Waals surface area contributed by atoms with E-state index in [1.807, 2.05) is 0 Å². The Balaban J connectivity index is 2.95. The number of nitrogens with zero attached hydrogens (tertiary/aromatic N) is 1. The van der Waals surface area contributed by atoms with E-state index >= 15 is 0 Å². The first kappa shape index (κ1) is 7.18. The van der Waals surface area contributed by atoms with Crippen molar-refractivity contribution < 1.29 is 0 Å². The molecule has 0 saturated carbocycles. The van der Waals surface area contributed by atoms with Crippen molar-refractivity contribution in [3.05, 3.63) is 0 Å². The smallest absolute Gasteiger partial charge is 0.0469 e. The zero-order chi connectivity index (χ0) is 5.86. The van der Waals surface area contributed by atoms with Crippen LogP contribution in [-0.4, -0.2) is 34.0 Å². The summed E-state index contributed by atoms with van der Waals surface area (Å²) in [5, 5.41) is 0. The van der Waals surface area contributed by atoms with Crippen molar-refractivity contribution in [2.45, 2.75) is 13.1 Å². The summed E-state index contributed by atoms with van der Waals surface area (Å²) in [5.74, 6) is 0. The van der Waals surface area contributed by atoms with Crippen LogP contribution in [0.4, 0.5) is 0 Å². The van der Waals surface area contributed by atoms with Crippen LogP contribution in [-0.2, 0) is 0 Å². The molecule has 2 heteroatoms. The van der Waals surface area contributed by atoms with Gasteiger partial charge >= 0.3 is 0 Å². The Kier molecular flexibility index (Phi) is 3.30. The van der Waals surface area contributed by atoms with E-state index in [1.54, 1.807) is 0 Å². The van der Waals surface area contributed by atoms with Gasteiger partial charge in [0.05, 0.1) is 0 Å². The van der Waals surface area contributed by atoms with Crippen LogP contribution in [0.15, 0.2) is 0 Å². The van der Waals surface area contributed by atoms with Gasteiger partial charge in [-0.05, 0) is 20.3 Å². The van der Waals surface area contributed by atoms with Crippen molar-refractivity contribution in [2.75, 3.05) is 20.3 Å². The van der Waals surface area contributed by atoms with E-state index in [-0.39, 0.29) is 8.80 Å². The van der Waals surface area contributed by atoms with Gasteiger partial charge in [0.15, 0.2) is 0 Å². The molecule has 44 valence electrons. The summed E-state index contributed by atoms with van der Waals surface area (Å²) in [7, 11) is 3.96. The third-order valence-electron chi connectivity index (χ3n) is 0.730. The van der Waals surface area contributed by atoms with Crippen LogP contribution in [0.5, 0.6) is 0 Å². The van der Waals surface area contributed by atoms with Gasteiger partial charge in [-0.3, -0.25) is 0 Å². The van der Waals surface area contributed by atoms with Gasteiger partial charge in [0.1, 0.15) is 0 Å². The third kappa shape index (κ3) is 6.18. The SMILES string of the molecule is CN(C)C[SiH](C)C. The standard InChI is InChI=1S/C5H15NSi/c1-6(2)5-7(3)4/h7H,5H2,1-4H3. The second kappa shape index (κ2) is 3.21. The van der Waals surface area contributed by atoms with Gasteiger partial charge in [0.25, 0.3) is 0 Å². The molecule has 0 saturated heterocycles. The molecule has 0 aliphatic heterocycles. The highest BCUT2D eigenvalue weighted by molar-refractivity contribution is 6.55. The Morgan fingerprint density at radius 2 is 1.71 bits per heavy atom. The summed E-state index contributed by atoms with van der Waals surface area (Å²) in [6, 6.07) is 0. The first-order chi connectivity index (χ1) is 3.13. The van der Waals surface area contributed by atoms with Crippen molar-refractivity contribution >= 4 is 8.80 Å². The maximum Gasteiger partial charge on any atom is 0.0469 e. The van der Waals surface area contributed by atoms with Crippen molar-refractivity contribution in [3.8, 4) is 0 Å². The van der Waals surface area contributed by atoms with Crippen LogP contribution in [0.3, 0.4) is 0 Å². The fraction of sp³-hybridized carbons (Fsp3) is 1.00. The first-order valence-corrected chi connectivity index (χ1v) is 5.90. The van der Waals surface area contributed by atoms with E-state index in [1.165, 1.54) is 6.17 Å². The van der Waals surface area contributed by atoms with Gasteiger partial charge in [-0.15, -0.1) is 0 Å². The average Bonchev–Trinajstić information content (AvgIpc) is 1.27. The van der Waals surface area contributed by atoms with Crippen molar-refractivity contribution in [1.82, 2.24) is 4.90 Å². The monoisotopic (exact) mass is 117 g/mol. The van der Waals surface area contributed by atoms with Crippen molar-refractivity contribution in [1.29, 1.82) is 0 Å². The summed E-state index contributed by atoms with van der Waals surface area (Å²) in [4.78, 5) is 2.26. The molecule has 0 fully saturated rings. The van der Waals surface area contributed by atoms with Crippen LogP contribution in [0.25, 0.3) is 0 Å². The van der Waals surface area contributed by atoms with Crippen LogP contribution in [0, 0.1) is 0 Å². The highest BCUT2D eigenvalue weighted by atomic mass is 28.3. The van der Waals surface area contributed by atoms with Crippen LogP contribution in [0.1, 0.15) is 0 Å². The van der Waals surface area contributed by atoms with Gasteiger partial charge in [0.2, 0.25) is 0 Å². The first-order valence-electron chi connectivity index (χ1n) is 2.77. The molecular weight excluding hydrogens is 102 g/mol. The van der Waals surface area contributed by atoms with Gasteiger partial charge < -0.3 is 4.90 Å². The van der Waals surface area contributed by atoms with Gasteiger partial charge in [-0.1, -0.05) is 13.1 Å². The second-order valence-corrected chi connectivity index (χ2v) is 5.81. The molecule has 0 atom stereocenters. The summed E-state index contributed by atoms with van der Waals surface area (Å²) >= 11 is 0. The number of rotatable bonds is 2. The average molecular weight is 117 g/mol. The minimum Gasteiger partial charge on any atom is -0.312 e. The van der Waals surface area contributed by atoms with Crippen LogP contribution in [0.2, 0.25) is 13.1 Å². The lowest BCUT2D eigenvalue weighted by Gasteiger charge is -2.09. The predicted octanol–water partition coefficient (Wildman–Crippen LogP) is 0.574. The normalized spacial score (nSPS) is 11.1. The fourth-order valence-corrected chi connectivity index (χ4v) is 2.19. The van der Waals surface area contributed by atoms with Gasteiger partial charge in [-0.2, -0.15) is 0 Å². The maximum atomic E-state index is 2.36. The number of hydrogen-bond donors (Lipinski definition) is 0. The van der Waals surface area contributed by atoms with E-state index in [0.717, 1.165) is 0 Å². The van der Waals surface area contributed by atoms with Gasteiger partial charge in [0, 0.05) is 8.80 Å². The lowest BCUT2D eigenvalue weighted by Crippen LogP contribution is -2.24. The lowest BCUT2D eigenvalue weighted by atomic mass is 11.0. The molecule has 0 rings (SSSR count). The highest BCUT2D eigenvalue weighted by Gasteiger charge is 1.94. The summed E-state index contributed by atoms with van der Waals surface area (Å²) < 4.78 is 0. The molecule has 0 heterocycles. The summed E-state index contributed by atoms with van der Waals surface area (Å²) in [6.45, 7) is 4.72. The zero-order valence-corrected chi connectivity index (χ0v) is 6.89. The molecule has 0 aromatic heterocycles. The van der Waals surface area contributed by atoms with Gasteiger partial charge in [-0.25, -0.2) is 0 Å². The predicted molar refractivity (Wildman–Crippen MR) is 37.4 cm³/mol. The van der Waals surface area contributed by atoms with Crippen LogP contribution >= 0.6 is 0 Å². The lowest BCUT2D eigenvalue weighted by molar-refractivity contribution is 0.475. The molecule has 0 N–H and O–H groups in total. The quantitative estimate of drug-likeness (QED) is 0.478. The molecule has 0 unspecified atom stereocenters. The van der Waals surface area contributed by atoms with E-state index in [2.05, 4.69) is 32.1 Å². The molecule has 7 heavy (non-hydrogen) atoms. The summed E-state index contributed by atoms with van der Waals surface area (Å²) in [5.41, 5.74) is 0. The van der Waals surface area contributed by atoms with Crippen LogP contribution < -0.4 is 0 Å². The molecule has 0 amide bonds. The minimum atomic E-state index is -0.302. The highest BCUT2D eigenvalue weighted by Crippen LogP contribution is 1.80. The Bertz CT molecular complexity index is 37.3. The van der Waals surface area contributed by atoms with E-state index in [9.17, 15) is 0 Å². The maximum absolute atomic E-state index is 2.36. The Hall–Kier alpha value is 0.177. The molecule has 0 radical (unpaired) electrons. The molecule has 0 aliphatic rings. The third-order valence-corrected chi connectivity index (χ3v) is 2.19. The largest absolute Gasteiger partial charge is 0.312 e. The second-order valence-electron chi connectivity index (χ2n) is 2.66. The fourth-order valence-electron chi connectivity index (χ4n) is 0.730. The topological polar surface area (TPSA) is 3.24 Å². The minimum absolute atomic E-state index is 0.302. The van der Waals surface area contributed by atoms with E-state index in [4.69, 9.17) is 0 Å². The van der Waals surface area contributed by atoms with E-state index in [0.29, 0.717) is 0 Å². The number of hydrogen-bond acceptors (Lipinski definition) is 1. The Labute approximate surface area is 47.9 Å². The molecule has 0 aromatic carbocycles. The van der Waals surface area contributed by atoms with Crippen molar-refractivity contribution in [3.63, 3.8) is 0 Å².